The second-order valence-electron chi connectivity index (χ2n) is 5.26. The van der Waals surface area contributed by atoms with Crippen LogP contribution in [0.1, 0.15) is 70.4 Å². The molecule has 1 heterocycles. The molecule has 0 atom stereocenters. The van der Waals surface area contributed by atoms with Crippen molar-refractivity contribution in [2.45, 2.75) is 78.2 Å². The Morgan fingerprint density at radius 3 is 2.06 bits per heavy atom. The molecule has 0 aliphatic carbocycles. The Balaban J connectivity index is 1.94. The molecule has 104 valence electrons. The van der Waals surface area contributed by atoms with E-state index in [0.29, 0.717) is 5.82 Å². The summed E-state index contributed by atoms with van der Waals surface area (Å²) in [6.07, 6.45) is 12.3. The van der Waals surface area contributed by atoms with Crippen LogP contribution in [0.5, 0.6) is 0 Å². The minimum Gasteiger partial charge on any atom is -0.382 e. The summed E-state index contributed by atoms with van der Waals surface area (Å²) >= 11 is 0. The Morgan fingerprint density at radius 2 is 1.56 bits per heavy atom. The van der Waals surface area contributed by atoms with Crippen LogP contribution in [0.3, 0.4) is 0 Å². The number of hydrogen-bond donors (Lipinski definition) is 1. The molecule has 1 rings (SSSR count). The van der Waals surface area contributed by atoms with Gasteiger partial charge in [0, 0.05) is 18.3 Å². The molecule has 0 aliphatic heterocycles. The van der Waals surface area contributed by atoms with E-state index < -0.39 is 0 Å². The monoisotopic (exact) mass is 251 g/mol. The van der Waals surface area contributed by atoms with Crippen molar-refractivity contribution in [1.29, 1.82) is 0 Å². The van der Waals surface area contributed by atoms with Crippen molar-refractivity contribution < 1.29 is 0 Å². The van der Waals surface area contributed by atoms with E-state index in [9.17, 15) is 0 Å². The molecule has 0 radical (unpaired) electrons. The molecule has 0 unspecified atom stereocenters. The Morgan fingerprint density at radius 1 is 1.00 bits per heavy atom. The number of nitrogens with zero attached hydrogens (tertiary/aromatic N) is 2. The zero-order valence-electron chi connectivity index (χ0n) is 12.1. The third-order valence-electron chi connectivity index (χ3n) is 3.47. The quantitative estimate of drug-likeness (QED) is 0.630. The van der Waals surface area contributed by atoms with Gasteiger partial charge >= 0.3 is 0 Å². The predicted molar refractivity (Wildman–Crippen MR) is 78.6 cm³/mol. The Labute approximate surface area is 112 Å². The molecule has 0 amide bonds. The van der Waals surface area contributed by atoms with Crippen LogP contribution in [0.15, 0.2) is 6.07 Å². The molecule has 0 spiro atoms. The lowest BCUT2D eigenvalue weighted by atomic mass is 10.1. The van der Waals surface area contributed by atoms with Crippen LogP contribution < -0.4 is 5.73 Å². The summed E-state index contributed by atoms with van der Waals surface area (Å²) in [6, 6.07) is 1.94. The molecule has 2 N–H and O–H groups in total. The minimum atomic E-state index is 0.642. The van der Waals surface area contributed by atoms with Crippen molar-refractivity contribution >= 4 is 5.82 Å². The average Bonchev–Trinajstić information content (AvgIpc) is 2.66. The minimum absolute atomic E-state index is 0.642. The molecule has 0 aliphatic rings. The number of hydrogen-bond acceptors (Lipinski definition) is 2. The first-order valence-corrected chi connectivity index (χ1v) is 7.54. The highest BCUT2D eigenvalue weighted by Gasteiger charge is 2.00. The predicted octanol–water partition coefficient (Wildman–Crippen LogP) is 4.30. The van der Waals surface area contributed by atoms with Gasteiger partial charge in [-0.1, -0.05) is 58.3 Å². The van der Waals surface area contributed by atoms with E-state index in [2.05, 4.69) is 18.9 Å². The Kier molecular flexibility index (Phi) is 7.54. The number of anilines is 1. The molecule has 0 aromatic carbocycles. The van der Waals surface area contributed by atoms with Gasteiger partial charge < -0.3 is 5.73 Å². The van der Waals surface area contributed by atoms with Gasteiger partial charge in [0.1, 0.15) is 5.82 Å². The number of unbranched alkanes of at least 4 members (excludes halogenated alkanes) is 8. The summed E-state index contributed by atoms with van der Waals surface area (Å²) in [4.78, 5) is 0. The zero-order chi connectivity index (χ0) is 13.2. The summed E-state index contributed by atoms with van der Waals surface area (Å²) in [5.74, 6) is 0.642. The van der Waals surface area contributed by atoms with E-state index >= 15 is 0 Å². The molecule has 3 nitrogen and oxygen atoms in total. The van der Waals surface area contributed by atoms with E-state index in [1.54, 1.807) is 0 Å². The number of nitrogen functional groups attached to an aromatic ring is 1. The molecule has 1 aromatic rings. The second kappa shape index (κ2) is 9.01. The highest BCUT2D eigenvalue weighted by atomic mass is 15.3. The molecule has 1 aromatic heterocycles. The summed E-state index contributed by atoms with van der Waals surface area (Å²) in [5, 5.41) is 4.27. The lowest BCUT2D eigenvalue weighted by Gasteiger charge is -2.04. The molecule has 0 fully saturated rings. The van der Waals surface area contributed by atoms with E-state index in [1.807, 2.05) is 10.7 Å². The summed E-state index contributed by atoms with van der Waals surface area (Å²) in [6.45, 7) is 5.35. The molecule has 0 bridgehead atoms. The van der Waals surface area contributed by atoms with Gasteiger partial charge in [-0.3, -0.25) is 4.68 Å². The van der Waals surface area contributed by atoms with Gasteiger partial charge in [0.05, 0.1) is 0 Å². The lowest BCUT2D eigenvalue weighted by molar-refractivity contribution is 0.512. The van der Waals surface area contributed by atoms with Crippen molar-refractivity contribution in [3.63, 3.8) is 0 Å². The first kappa shape index (κ1) is 15.1. The summed E-state index contributed by atoms with van der Waals surface area (Å²) in [5.41, 5.74) is 6.83. The van der Waals surface area contributed by atoms with Crippen molar-refractivity contribution in [3.05, 3.63) is 11.8 Å². The number of aryl methyl sites for hydroxylation is 2. The van der Waals surface area contributed by atoms with Crippen LogP contribution in [-0.2, 0) is 6.54 Å². The standard InChI is InChI=1S/C15H29N3/c1-3-4-5-6-7-8-9-10-11-12-18-14(2)13-15(16)17-18/h13H,3-12H2,1-2H3,(H2,16,17). The van der Waals surface area contributed by atoms with Gasteiger partial charge in [-0.2, -0.15) is 5.10 Å². The number of nitrogens with two attached hydrogens (primary N) is 1. The summed E-state index contributed by atoms with van der Waals surface area (Å²) in [7, 11) is 0. The summed E-state index contributed by atoms with van der Waals surface area (Å²) < 4.78 is 2.02. The molecule has 0 saturated heterocycles. The van der Waals surface area contributed by atoms with Crippen molar-refractivity contribution in [3.8, 4) is 0 Å². The van der Waals surface area contributed by atoms with Gasteiger partial charge in [0.2, 0.25) is 0 Å². The first-order chi connectivity index (χ1) is 8.74. The second-order valence-corrected chi connectivity index (χ2v) is 5.26. The Hall–Kier alpha value is -0.990. The van der Waals surface area contributed by atoms with Crippen LogP contribution in [0.2, 0.25) is 0 Å². The molecule has 3 heteroatoms. The smallest absolute Gasteiger partial charge is 0.145 e. The van der Waals surface area contributed by atoms with Gasteiger partial charge in [-0.25, -0.2) is 0 Å². The van der Waals surface area contributed by atoms with Crippen LogP contribution >= 0.6 is 0 Å². The SMILES string of the molecule is CCCCCCCCCCCn1nc(N)cc1C. The van der Waals surface area contributed by atoms with Gasteiger partial charge in [0.15, 0.2) is 0 Å². The third kappa shape index (κ3) is 6.08. The van der Waals surface area contributed by atoms with Crippen LogP contribution in [0, 0.1) is 6.92 Å². The molecule has 18 heavy (non-hydrogen) atoms. The first-order valence-electron chi connectivity index (χ1n) is 7.54. The maximum atomic E-state index is 5.66. The van der Waals surface area contributed by atoms with E-state index in [4.69, 9.17) is 5.73 Å². The van der Waals surface area contributed by atoms with Gasteiger partial charge in [-0.05, 0) is 13.3 Å². The maximum absolute atomic E-state index is 5.66. The maximum Gasteiger partial charge on any atom is 0.145 e. The van der Waals surface area contributed by atoms with Crippen LogP contribution in [0.25, 0.3) is 0 Å². The third-order valence-corrected chi connectivity index (χ3v) is 3.47. The van der Waals surface area contributed by atoms with E-state index in [1.165, 1.54) is 63.5 Å². The van der Waals surface area contributed by atoms with Crippen LogP contribution in [-0.4, -0.2) is 9.78 Å². The fraction of sp³-hybridized carbons (Fsp3) is 0.800. The molecular weight excluding hydrogens is 222 g/mol. The zero-order valence-corrected chi connectivity index (χ0v) is 12.1. The number of rotatable bonds is 10. The number of aromatic nitrogens is 2. The largest absolute Gasteiger partial charge is 0.382 e. The normalized spacial score (nSPS) is 11.0. The van der Waals surface area contributed by atoms with Crippen LogP contribution in [0.4, 0.5) is 5.82 Å². The van der Waals surface area contributed by atoms with Gasteiger partial charge in [0.25, 0.3) is 0 Å². The van der Waals surface area contributed by atoms with Gasteiger partial charge in [-0.15, -0.1) is 0 Å². The molecule has 0 saturated carbocycles. The lowest BCUT2D eigenvalue weighted by Crippen LogP contribution is -2.02. The fourth-order valence-corrected chi connectivity index (χ4v) is 2.33. The highest BCUT2D eigenvalue weighted by molar-refractivity contribution is 5.28. The van der Waals surface area contributed by atoms with Crippen molar-refractivity contribution in [1.82, 2.24) is 9.78 Å². The fourth-order valence-electron chi connectivity index (χ4n) is 2.33. The topological polar surface area (TPSA) is 43.8 Å². The van der Waals surface area contributed by atoms with E-state index in [-0.39, 0.29) is 0 Å². The van der Waals surface area contributed by atoms with Crippen molar-refractivity contribution in [2.75, 3.05) is 5.73 Å². The molecular formula is C15H29N3. The van der Waals surface area contributed by atoms with E-state index in [0.717, 1.165) is 6.54 Å². The Bertz CT molecular complexity index is 318. The average molecular weight is 251 g/mol. The van der Waals surface area contributed by atoms with Crippen molar-refractivity contribution in [2.24, 2.45) is 0 Å². The highest BCUT2D eigenvalue weighted by Crippen LogP contribution is 2.11.